The highest BCUT2D eigenvalue weighted by Crippen LogP contribution is 2.31. The van der Waals surface area contributed by atoms with Gasteiger partial charge in [-0.15, -0.1) is 0 Å². The first-order chi connectivity index (χ1) is 8.13. The molecule has 2 aliphatic heterocycles. The standard InChI is InChI=1S/C11H17N5O/c1-6-9(12)14-11(13)15-10(6)16-4-7-2-3-8(5-16)17-7/h7-8H,2-5H2,1H3,(H4,12,13,14,15). The molecule has 2 bridgehead atoms. The number of morpholine rings is 1. The topological polar surface area (TPSA) is 90.3 Å². The van der Waals surface area contributed by atoms with Gasteiger partial charge in [-0.25, -0.2) is 0 Å². The first-order valence-corrected chi connectivity index (χ1v) is 5.93. The van der Waals surface area contributed by atoms with Crippen LogP contribution in [0.4, 0.5) is 17.6 Å². The van der Waals surface area contributed by atoms with Gasteiger partial charge in [0.25, 0.3) is 0 Å². The van der Waals surface area contributed by atoms with E-state index in [0.717, 1.165) is 37.3 Å². The van der Waals surface area contributed by atoms with Gasteiger partial charge in [0.05, 0.1) is 12.2 Å². The molecule has 0 aromatic carbocycles. The van der Waals surface area contributed by atoms with E-state index in [-0.39, 0.29) is 5.95 Å². The van der Waals surface area contributed by atoms with Crippen molar-refractivity contribution in [1.82, 2.24) is 9.97 Å². The maximum atomic E-state index is 5.82. The lowest BCUT2D eigenvalue weighted by Crippen LogP contribution is -2.43. The second kappa shape index (κ2) is 3.73. The number of nitrogen functional groups attached to an aromatic ring is 2. The molecule has 0 spiro atoms. The Labute approximate surface area is 100.0 Å². The molecule has 2 aliphatic rings. The van der Waals surface area contributed by atoms with Gasteiger partial charge in [0.2, 0.25) is 5.95 Å². The molecule has 1 aromatic rings. The van der Waals surface area contributed by atoms with Crippen molar-refractivity contribution in [3.63, 3.8) is 0 Å². The van der Waals surface area contributed by atoms with Crippen LogP contribution < -0.4 is 16.4 Å². The van der Waals surface area contributed by atoms with Gasteiger partial charge >= 0.3 is 0 Å². The van der Waals surface area contributed by atoms with Crippen molar-refractivity contribution in [3.8, 4) is 0 Å². The fourth-order valence-corrected chi connectivity index (χ4v) is 2.63. The number of hydrogen-bond donors (Lipinski definition) is 2. The fourth-order valence-electron chi connectivity index (χ4n) is 2.63. The van der Waals surface area contributed by atoms with Crippen LogP contribution in [0.2, 0.25) is 0 Å². The summed E-state index contributed by atoms with van der Waals surface area (Å²) in [5.74, 6) is 1.56. The van der Waals surface area contributed by atoms with Gasteiger partial charge in [-0.1, -0.05) is 0 Å². The van der Waals surface area contributed by atoms with E-state index in [9.17, 15) is 0 Å². The predicted molar refractivity (Wildman–Crippen MR) is 65.7 cm³/mol. The second-order valence-corrected chi connectivity index (χ2v) is 4.78. The second-order valence-electron chi connectivity index (χ2n) is 4.78. The van der Waals surface area contributed by atoms with Crippen molar-refractivity contribution in [1.29, 1.82) is 0 Å². The summed E-state index contributed by atoms with van der Waals surface area (Å²) in [6, 6.07) is 0. The van der Waals surface area contributed by atoms with Crippen molar-refractivity contribution >= 4 is 17.6 Å². The van der Waals surface area contributed by atoms with Crippen LogP contribution in [0.25, 0.3) is 0 Å². The molecule has 3 rings (SSSR count). The molecular weight excluding hydrogens is 218 g/mol. The summed E-state index contributed by atoms with van der Waals surface area (Å²) < 4.78 is 5.80. The molecule has 0 radical (unpaired) electrons. The number of rotatable bonds is 1. The molecule has 2 saturated heterocycles. The molecule has 6 nitrogen and oxygen atoms in total. The van der Waals surface area contributed by atoms with E-state index in [1.165, 1.54) is 0 Å². The van der Waals surface area contributed by atoms with E-state index in [1.54, 1.807) is 0 Å². The monoisotopic (exact) mass is 235 g/mol. The van der Waals surface area contributed by atoms with Crippen LogP contribution in [-0.2, 0) is 4.74 Å². The normalized spacial score (nSPS) is 27.5. The minimum absolute atomic E-state index is 0.238. The molecule has 0 amide bonds. The number of fused-ring (bicyclic) bond motifs is 2. The van der Waals surface area contributed by atoms with Gasteiger partial charge in [-0.2, -0.15) is 9.97 Å². The van der Waals surface area contributed by atoms with Crippen LogP contribution in [0.5, 0.6) is 0 Å². The summed E-state index contributed by atoms with van der Waals surface area (Å²) in [5.41, 5.74) is 12.4. The lowest BCUT2D eigenvalue weighted by molar-refractivity contribution is 0.0302. The molecule has 92 valence electrons. The molecule has 2 atom stereocenters. The average Bonchev–Trinajstić information content (AvgIpc) is 2.63. The minimum atomic E-state index is 0.238. The molecule has 0 aliphatic carbocycles. The Hall–Kier alpha value is -1.56. The third-order valence-corrected chi connectivity index (χ3v) is 3.52. The average molecular weight is 235 g/mol. The highest BCUT2D eigenvalue weighted by Gasteiger charge is 2.35. The predicted octanol–water partition coefficient (Wildman–Crippen LogP) is 0.317. The van der Waals surface area contributed by atoms with Crippen molar-refractivity contribution < 1.29 is 4.74 Å². The number of nitrogens with zero attached hydrogens (tertiary/aromatic N) is 3. The Bertz CT molecular complexity index is 438. The highest BCUT2D eigenvalue weighted by atomic mass is 16.5. The molecule has 3 heterocycles. The lowest BCUT2D eigenvalue weighted by Gasteiger charge is -2.33. The number of hydrogen-bond acceptors (Lipinski definition) is 6. The Morgan fingerprint density at radius 2 is 1.82 bits per heavy atom. The van der Waals surface area contributed by atoms with Gasteiger partial charge in [0.15, 0.2) is 0 Å². The first kappa shape index (κ1) is 10.6. The molecule has 2 unspecified atom stereocenters. The zero-order valence-corrected chi connectivity index (χ0v) is 9.89. The summed E-state index contributed by atoms with van der Waals surface area (Å²) in [5, 5.41) is 0. The SMILES string of the molecule is Cc1c(N)nc(N)nc1N1CC2CCC(C1)O2. The molecule has 0 saturated carbocycles. The molecular formula is C11H17N5O. The number of aromatic nitrogens is 2. The minimum Gasteiger partial charge on any atom is -0.383 e. The van der Waals surface area contributed by atoms with E-state index >= 15 is 0 Å². The van der Waals surface area contributed by atoms with Crippen LogP contribution >= 0.6 is 0 Å². The van der Waals surface area contributed by atoms with Crippen LogP contribution in [0.3, 0.4) is 0 Å². The van der Waals surface area contributed by atoms with Gasteiger partial charge in [0, 0.05) is 18.7 Å². The van der Waals surface area contributed by atoms with E-state index in [1.807, 2.05) is 6.92 Å². The summed E-state index contributed by atoms with van der Waals surface area (Å²) in [7, 11) is 0. The highest BCUT2D eigenvalue weighted by molar-refractivity contribution is 5.59. The van der Waals surface area contributed by atoms with Crippen LogP contribution in [0, 0.1) is 6.92 Å². The van der Waals surface area contributed by atoms with E-state index in [4.69, 9.17) is 16.2 Å². The molecule has 4 N–H and O–H groups in total. The maximum Gasteiger partial charge on any atom is 0.223 e. The summed E-state index contributed by atoms with van der Waals surface area (Å²) >= 11 is 0. The Morgan fingerprint density at radius 3 is 2.47 bits per heavy atom. The third-order valence-electron chi connectivity index (χ3n) is 3.52. The Balaban J connectivity index is 1.94. The quantitative estimate of drug-likeness (QED) is 0.728. The molecule has 17 heavy (non-hydrogen) atoms. The number of anilines is 3. The maximum absolute atomic E-state index is 5.82. The third kappa shape index (κ3) is 1.78. The number of nitrogens with two attached hydrogens (primary N) is 2. The van der Waals surface area contributed by atoms with Crippen LogP contribution in [0.1, 0.15) is 18.4 Å². The van der Waals surface area contributed by atoms with Crippen molar-refractivity contribution in [2.45, 2.75) is 32.0 Å². The van der Waals surface area contributed by atoms with Crippen molar-refractivity contribution in [2.24, 2.45) is 0 Å². The van der Waals surface area contributed by atoms with Gasteiger partial charge in [0.1, 0.15) is 11.6 Å². The van der Waals surface area contributed by atoms with E-state index in [2.05, 4.69) is 14.9 Å². The van der Waals surface area contributed by atoms with Gasteiger partial charge in [-0.3, -0.25) is 0 Å². The molecule has 6 heteroatoms. The smallest absolute Gasteiger partial charge is 0.223 e. The molecule has 1 aromatic heterocycles. The van der Waals surface area contributed by atoms with Gasteiger partial charge < -0.3 is 21.1 Å². The Kier molecular flexibility index (Phi) is 2.32. The summed E-state index contributed by atoms with van der Waals surface area (Å²) in [4.78, 5) is 10.5. The summed E-state index contributed by atoms with van der Waals surface area (Å²) in [6.07, 6.45) is 2.92. The number of ether oxygens (including phenoxy) is 1. The van der Waals surface area contributed by atoms with Crippen molar-refractivity contribution in [2.75, 3.05) is 29.5 Å². The Morgan fingerprint density at radius 1 is 1.18 bits per heavy atom. The van der Waals surface area contributed by atoms with Crippen LogP contribution in [-0.4, -0.2) is 35.3 Å². The van der Waals surface area contributed by atoms with Crippen molar-refractivity contribution in [3.05, 3.63) is 5.56 Å². The first-order valence-electron chi connectivity index (χ1n) is 5.93. The van der Waals surface area contributed by atoms with Gasteiger partial charge in [-0.05, 0) is 19.8 Å². The van der Waals surface area contributed by atoms with Crippen LogP contribution in [0.15, 0.2) is 0 Å². The fraction of sp³-hybridized carbons (Fsp3) is 0.636. The summed E-state index contributed by atoms with van der Waals surface area (Å²) in [6.45, 7) is 3.67. The van der Waals surface area contributed by atoms with E-state index in [0.29, 0.717) is 18.0 Å². The zero-order chi connectivity index (χ0) is 12.0. The zero-order valence-electron chi connectivity index (χ0n) is 9.89. The largest absolute Gasteiger partial charge is 0.383 e. The lowest BCUT2D eigenvalue weighted by atomic mass is 10.2. The van der Waals surface area contributed by atoms with E-state index < -0.39 is 0 Å². The molecule has 2 fully saturated rings.